The van der Waals surface area contributed by atoms with Gasteiger partial charge in [0.15, 0.2) is 5.82 Å². The first-order chi connectivity index (χ1) is 15.3. The van der Waals surface area contributed by atoms with Crippen molar-refractivity contribution in [3.05, 3.63) is 83.0 Å². The Bertz CT molecular complexity index is 1050. The van der Waals surface area contributed by atoms with Crippen molar-refractivity contribution < 1.29 is 14.3 Å². The highest BCUT2D eigenvalue weighted by Crippen LogP contribution is 2.29. The lowest BCUT2D eigenvalue weighted by Crippen LogP contribution is -2.40. The van der Waals surface area contributed by atoms with Gasteiger partial charge in [-0.1, -0.05) is 60.7 Å². The molecule has 7 heteroatoms. The van der Waals surface area contributed by atoms with Crippen molar-refractivity contribution in [1.82, 2.24) is 15.1 Å². The molecule has 4 rings (SSSR count). The van der Waals surface area contributed by atoms with Gasteiger partial charge >= 0.3 is 6.09 Å². The minimum absolute atomic E-state index is 0.147. The van der Waals surface area contributed by atoms with Crippen LogP contribution in [-0.4, -0.2) is 39.2 Å². The van der Waals surface area contributed by atoms with Gasteiger partial charge in [-0.2, -0.15) is 5.10 Å². The first kappa shape index (κ1) is 21.6. The number of H-pyrrole nitrogens is 1. The lowest BCUT2D eigenvalue weighted by molar-refractivity contribution is -0.116. The lowest BCUT2D eigenvalue weighted by Gasteiger charge is -2.29. The quantitative estimate of drug-likeness (QED) is 0.637. The molecule has 32 heavy (non-hydrogen) atoms. The van der Waals surface area contributed by atoms with E-state index in [1.165, 1.54) is 0 Å². The Morgan fingerprint density at radius 3 is 2.19 bits per heavy atom. The number of aromatic amines is 1. The van der Waals surface area contributed by atoms with Crippen LogP contribution in [0.1, 0.15) is 49.1 Å². The molecule has 2 heterocycles. The number of fused-ring (bicyclic) bond motifs is 1. The van der Waals surface area contributed by atoms with E-state index in [-0.39, 0.29) is 12.0 Å². The SMILES string of the molecule is CC(C)(C)OC(=O)N1CCc2c(NC(=O)C(c3ccccc3)c3ccccc3)n[nH]c2C1. The normalized spacial score (nSPS) is 13.6. The largest absolute Gasteiger partial charge is 0.444 e. The molecule has 0 radical (unpaired) electrons. The second kappa shape index (κ2) is 8.86. The molecule has 0 aliphatic carbocycles. The predicted molar refractivity (Wildman–Crippen MR) is 122 cm³/mol. The minimum Gasteiger partial charge on any atom is -0.444 e. The van der Waals surface area contributed by atoms with Gasteiger partial charge in [-0.05, 0) is 38.3 Å². The smallest absolute Gasteiger partial charge is 0.410 e. The fourth-order valence-electron chi connectivity index (χ4n) is 3.88. The zero-order valence-corrected chi connectivity index (χ0v) is 18.6. The van der Waals surface area contributed by atoms with E-state index in [1.807, 2.05) is 81.4 Å². The molecule has 2 N–H and O–H groups in total. The van der Waals surface area contributed by atoms with Crippen molar-refractivity contribution in [3.8, 4) is 0 Å². The molecule has 1 aliphatic heterocycles. The summed E-state index contributed by atoms with van der Waals surface area (Å²) in [4.78, 5) is 27.4. The topological polar surface area (TPSA) is 87.3 Å². The highest BCUT2D eigenvalue weighted by molar-refractivity contribution is 5.98. The second-order valence-electron chi connectivity index (χ2n) is 8.92. The van der Waals surface area contributed by atoms with E-state index >= 15 is 0 Å². The Kier molecular flexibility index (Phi) is 5.99. The van der Waals surface area contributed by atoms with Gasteiger partial charge in [0.2, 0.25) is 5.91 Å². The molecular weight excluding hydrogens is 404 g/mol. The number of carbonyl (C=O) groups excluding carboxylic acids is 2. The lowest BCUT2D eigenvalue weighted by atomic mass is 9.90. The summed E-state index contributed by atoms with van der Waals surface area (Å²) in [5.74, 6) is -0.0800. The molecule has 7 nitrogen and oxygen atoms in total. The monoisotopic (exact) mass is 432 g/mol. The van der Waals surface area contributed by atoms with E-state index in [1.54, 1.807) is 4.90 Å². The van der Waals surface area contributed by atoms with E-state index in [0.717, 1.165) is 22.4 Å². The van der Waals surface area contributed by atoms with Gasteiger partial charge < -0.3 is 15.0 Å². The minimum atomic E-state index is -0.547. The van der Waals surface area contributed by atoms with Gasteiger partial charge in [0, 0.05) is 12.1 Å². The molecule has 2 amide bonds. The third kappa shape index (κ3) is 4.82. The third-order valence-electron chi connectivity index (χ3n) is 5.35. The molecule has 1 aromatic heterocycles. The highest BCUT2D eigenvalue weighted by Gasteiger charge is 2.30. The van der Waals surface area contributed by atoms with Gasteiger partial charge in [-0.15, -0.1) is 0 Å². The third-order valence-corrected chi connectivity index (χ3v) is 5.35. The number of ether oxygens (including phenoxy) is 1. The number of rotatable bonds is 4. The van der Waals surface area contributed by atoms with Crippen molar-refractivity contribution in [2.75, 3.05) is 11.9 Å². The Labute approximate surface area is 187 Å². The van der Waals surface area contributed by atoms with Crippen molar-refractivity contribution in [1.29, 1.82) is 0 Å². The molecular formula is C25H28N4O3. The summed E-state index contributed by atoms with van der Waals surface area (Å²) < 4.78 is 5.48. The number of nitrogens with zero attached hydrogens (tertiary/aromatic N) is 2. The van der Waals surface area contributed by atoms with Crippen LogP contribution >= 0.6 is 0 Å². The summed E-state index contributed by atoms with van der Waals surface area (Å²) in [7, 11) is 0. The number of hydrogen-bond acceptors (Lipinski definition) is 4. The zero-order valence-electron chi connectivity index (χ0n) is 18.6. The van der Waals surface area contributed by atoms with Gasteiger partial charge in [-0.3, -0.25) is 9.89 Å². The first-order valence-corrected chi connectivity index (χ1v) is 10.8. The molecule has 0 spiro atoms. The summed E-state index contributed by atoms with van der Waals surface area (Å²) >= 11 is 0. The van der Waals surface area contributed by atoms with Gasteiger partial charge in [0.05, 0.1) is 18.2 Å². The number of amides is 2. The van der Waals surface area contributed by atoms with Crippen LogP contribution < -0.4 is 5.32 Å². The van der Waals surface area contributed by atoms with Gasteiger partial charge in [0.1, 0.15) is 5.60 Å². The Hall–Kier alpha value is -3.61. The Morgan fingerprint density at radius 2 is 1.62 bits per heavy atom. The van der Waals surface area contributed by atoms with E-state index in [4.69, 9.17) is 4.74 Å². The number of anilines is 1. The molecule has 1 aliphatic rings. The Morgan fingerprint density at radius 1 is 1.03 bits per heavy atom. The summed E-state index contributed by atoms with van der Waals surface area (Å²) in [6, 6.07) is 19.4. The highest BCUT2D eigenvalue weighted by atomic mass is 16.6. The fourth-order valence-corrected chi connectivity index (χ4v) is 3.88. The molecule has 0 saturated heterocycles. The maximum Gasteiger partial charge on any atom is 0.410 e. The van der Waals surface area contributed by atoms with Crippen LogP contribution in [0.4, 0.5) is 10.6 Å². The second-order valence-corrected chi connectivity index (χ2v) is 8.92. The maximum absolute atomic E-state index is 13.4. The zero-order chi connectivity index (χ0) is 22.7. The van der Waals surface area contributed by atoms with Crippen LogP contribution in [0.3, 0.4) is 0 Å². The molecule has 166 valence electrons. The first-order valence-electron chi connectivity index (χ1n) is 10.8. The standard InChI is InChI=1S/C25H28N4O3/c1-25(2,3)32-24(31)29-15-14-19-20(16-29)27-28-22(19)26-23(30)21(17-10-6-4-7-11-17)18-12-8-5-9-13-18/h4-13,21H,14-16H2,1-3H3,(H2,26,27,28,30). The van der Waals surface area contributed by atoms with Gasteiger partial charge in [-0.25, -0.2) is 4.79 Å². The molecule has 0 bridgehead atoms. The number of hydrogen-bond donors (Lipinski definition) is 2. The van der Waals surface area contributed by atoms with Crippen molar-refractivity contribution >= 4 is 17.8 Å². The molecule has 0 fully saturated rings. The van der Waals surface area contributed by atoms with Crippen molar-refractivity contribution in [2.45, 2.75) is 45.3 Å². The van der Waals surface area contributed by atoms with Crippen molar-refractivity contribution in [2.24, 2.45) is 0 Å². The number of aromatic nitrogens is 2. The number of carbonyl (C=O) groups is 2. The average molecular weight is 433 g/mol. The number of benzene rings is 2. The molecule has 0 atom stereocenters. The fraction of sp³-hybridized carbons (Fsp3) is 0.320. The molecule has 0 saturated carbocycles. The van der Waals surface area contributed by atoms with Crippen LogP contribution in [0.5, 0.6) is 0 Å². The van der Waals surface area contributed by atoms with Crippen molar-refractivity contribution in [3.63, 3.8) is 0 Å². The predicted octanol–water partition coefficient (Wildman–Crippen LogP) is 4.47. The van der Waals surface area contributed by atoms with Crippen LogP contribution in [0.2, 0.25) is 0 Å². The van der Waals surface area contributed by atoms with Crippen LogP contribution in [0.25, 0.3) is 0 Å². The summed E-state index contributed by atoms with van der Waals surface area (Å²) in [5, 5.41) is 10.3. The van der Waals surface area contributed by atoms with E-state index in [0.29, 0.717) is 25.3 Å². The molecule has 0 unspecified atom stereocenters. The maximum atomic E-state index is 13.4. The summed E-state index contributed by atoms with van der Waals surface area (Å²) in [6.45, 7) is 6.42. The molecule has 3 aromatic rings. The van der Waals surface area contributed by atoms with E-state index in [9.17, 15) is 9.59 Å². The number of nitrogens with one attached hydrogen (secondary N) is 2. The average Bonchev–Trinajstić information content (AvgIpc) is 3.16. The Balaban J connectivity index is 1.53. The van der Waals surface area contributed by atoms with Gasteiger partial charge in [0.25, 0.3) is 0 Å². The van der Waals surface area contributed by atoms with E-state index in [2.05, 4.69) is 15.5 Å². The summed E-state index contributed by atoms with van der Waals surface area (Å²) in [6.07, 6.45) is 0.235. The summed E-state index contributed by atoms with van der Waals surface area (Å²) in [5.41, 5.74) is 3.02. The van der Waals surface area contributed by atoms with Crippen LogP contribution in [0, 0.1) is 0 Å². The van der Waals surface area contributed by atoms with E-state index < -0.39 is 11.5 Å². The molecule has 2 aromatic carbocycles. The van der Waals surface area contributed by atoms with Crippen LogP contribution in [-0.2, 0) is 22.5 Å². The van der Waals surface area contributed by atoms with Crippen LogP contribution in [0.15, 0.2) is 60.7 Å².